The van der Waals surface area contributed by atoms with E-state index in [1.165, 1.54) is 16.7 Å². The number of rotatable bonds is 8. The Balaban J connectivity index is 2.43. The summed E-state index contributed by atoms with van der Waals surface area (Å²) < 4.78 is 28.8. The lowest BCUT2D eigenvalue weighted by Crippen LogP contribution is -2.29. The number of nitrogens with one attached hydrogen (secondary N) is 1. The Morgan fingerprint density at radius 2 is 1.79 bits per heavy atom. The largest absolute Gasteiger partial charge is 0.375 e. The average molecular weight is 271 g/mol. The smallest absolute Gasteiger partial charge is 0.261 e. The summed E-state index contributed by atoms with van der Waals surface area (Å²) >= 11 is 0. The highest BCUT2D eigenvalue weighted by molar-refractivity contribution is 5.29. The zero-order valence-corrected chi connectivity index (χ0v) is 11.9. The Morgan fingerprint density at radius 3 is 2.32 bits per heavy atom. The lowest BCUT2D eigenvalue weighted by Gasteiger charge is -2.17. The molecule has 1 aromatic rings. The maximum Gasteiger partial charge on any atom is 0.261 e. The molecular formula is C15H23F2NO. The molecule has 4 heteroatoms. The van der Waals surface area contributed by atoms with Crippen molar-refractivity contribution in [2.75, 3.05) is 20.3 Å². The van der Waals surface area contributed by atoms with Crippen molar-refractivity contribution in [2.24, 2.45) is 0 Å². The Morgan fingerprint density at radius 1 is 1.16 bits per heavy atom. The predicted octanol–water partition coefficient (Wildman–Crippen LogP) is 3.11. The molecule has 0 radical (unpaired) electrons. The molecule has 108 valence electrons. The van der Waals surface area contributed by atoms with Gasteiger partial charge in [-0.3, -0.25) is 0 Å². The SMILES string of the molecule is CNC(CCOCC(F)F)Cc1cc(C)cc(C)c1. The van der Waals surface area contributed by atoms with Gasteiger partial charge in [-0.2, -0.15) is 0 Å². The second-order valence-electron chi connectivity index (χ2n) is 4.94. The molecule has 19 heavy (non-hydrogen) atoms. The summed E-state index contributed by atoms with van der Waals surface area (Å²) in [6, 6.07) is 6.72. The minimum absolute atomic E-state index is 0.249. The maximum absolute atomic E-state index is 11.9. The Hall–Kier alpha value is -1.00. The van der Waals surface area contributed by atoms with E-state index in [1.807, 2.05) is 7.05 Å². The zero-order valence-electron chi connectivity index (χ0n) is 11.9. The number of benzene rings is 1. The van der Waals surface area contributed by atoms with Crippen molar-refractivity contribution >= 4 is 0 Å². The van der Waals surface area contributed by atoms with E-state index >= 15 is 0 Å². The summed E-state index contributed by atoms with van der Waals surface area (Å²) in [5, 5.41) is 3.21. The standard InChI is InChI=1S/C15H23F2NO/c1-11-6-12(2)8-13(7-11)9-14(18-3)4-5-19-10-15(16)17/h6-8,14-15,18H,4-5,9-10H2,1-3H3. The third-order valence-electron chi connectivity index (χ3n) is 3.03. The Bertz CT molecular complexity index is 362. The van der Waals surface area contributed by atoms with Gasteiger partial charge in [0.1, 0.15) is 6.61 Å². The molecule has 0 bridgehead atoms. The van der Waals surface area contributed by atoms with Gasteiger partial charge in [-0.1, -0.05) is 29.3 Å². The van der Waals surface area contributed by atoms with Crippen LogP contribution in [0.5, 0.6) is 0 Å². The van der Waals surface area contributed by atoms with E-state index in [-0.39, 0.29) is 6.04 Å². The monoisotopic (exact) mass is 271 g/mol. The van der Waals surface area contributed by atoms with E-state index in [0.717, 1.165) is 12.8 Å². The van der Waals surface area contributed by atoms with Gasteiger partial charge in [0.25, 0.3) is 6.43 Å². The third kappa shape index (κ3) is 6.64. The maximum atomic E-state index is 11.9. The van der Waals surface area contributed by atoms with Crippen molar-refractivity contribution < 1.29 is 13.5 Å². The van der Waals surface area contributed by atoms with E-state index in [1.54, 1.807) is 0 Å². The second kappa shape index (κ2) is 8.23. The van der Waals surface area contributed by atoms with Gasteiger partial charge in [-0.25, -0.2) is 8.78 Å². The summed E-state index contributed by atoms with van der Waals surface area (Å²) in [4.78, 5) is 0. The number of ether oxygens (including phenoxy) is 1. The molecule has 0 saturated heterocycles. The number of hydrogen-bond acceptors (Lipinski definition) is 2. The highest BCUT2D eigenvalue weighted by Gasteiger charge is 2.09. The van der Waals surface area contributed by atoms with Gasteiger partial charge in [-0.15, -0.1) is 0 Å². The van der Waals surface area contributed by atoms with Crippen LogP contribution in [0, 0.1) is 13.8 Å². The van der Waals surface area contributed by atoms with Crippen LogP contribution >= 0.6 is 0 Å². The minimum atomic E-state index is -2.38. The predicted molar refractivity (Wildman–Crippen MR) is 73.9 cm³/mol. The van der Waals surface area contributed by atoms with Crippen LogP contribution in [0.25, 0.3) is 0 Å². The number of hydrogen-bond donors (Lipinski definition) is 1. The van der Waals surface area contributed by atoms with Gasteiger partial charge < -0.3 is 10.1 Å². The Labute approximate surface area is 114 Å². The molecule has 0 fully saturated rings. The molecule has 1 N–H and O–H groups in total. The molecule has 0 spiro atoms. The molecule has 0 aliphatic rings. The van der Waals surface area contributed by atoms with Crippen LogP contribution in [-0.2, 0) is 11.2 Å². The van der Waals surface area contributed by atoms with Gasteiger partial charge in [0.2, 0.25) is 0 Å². The van der Waals surface area contributed by atoms with Crippen molar-refractivity contribution in [3.63, 3.8) is 0 Å². The van der Waals surface area contributed by atoms with Crippen LogP contribution in [0.4, 0.5) is 8.78 Å². The molecular weight excluding hydrogens is 248 g/mol. The second-order valence-corrected chi connectivity index (χ2v) is 4.94. The van der Waals surface area contributed by atoms with Gasteiger partial charge in [0.15, 0.2) is 0 Å². The number of aryl methyl sites for hydroxylation is 2. The van der Waals surface area contributed by atoms with Crippen LogP contribution in [0.1, 0.15) is 23.1 Å². The van der Waals surface area contributed by atoms with Crippen molar-refractivity contribution in [1.29, 1.82) is 0 Å². The van der Waals surface area contributed by atoms with Crippen LogP contribution in [0.3, 0.4) is 0 Å². The number of likely N-dealkylation sites (N-methyl/N-ethyl adjacent to an activating group) is 1. The molecule has 1 rings (SSSR count). The van der Waals surface area contributed by atoms with E-state index in [2.05, 4.69) is 37.4 Å². The lowest BCUT2D eigenvalue weighted by atomic mass is 10.00. The van der Waals surface area contributed by atoms with Gasteiger partial charge >= 0.3 is 0 Å². The highest BCUT2D eigenvalue weighted by Crippen LogP contribution is 2.12. The first kappa shape index (κ1) is 16.1. The van der Waals surface area contributed by atoms with Crippen LogP contribution in [0.2, 0.25) is 0 Å². The molecule has 1 atom stereocenters. The summed E-state index contributed by atoms with van der Waals surface area (Å²) in [5.41, 5.74) is 3.77. The van der Waals surface area contributed by atoms with Crippen molar-refractivity contribution in [3.05, 3.63) is 34.9 Å². The van der Waals surface area contributed by atoms with Crippen molar-refractivity contribution in [2.45, 2.75) is 39.2 Å². The zero-order chi connectivity index (χ0) is 14.3. The van der Waals surface area contributed by atoms with Gasteiger partial charge in [0, 0.05) is 12.6 Å². The molecule has 0 heterocycles. The molecule has 0 aliphatic heterocycles. The van der Waals surface area contributed by atoms with E-state index in [0.29, 0.717) is 6.61 Å². The number of halogens is 2. The molecule has 1 aromatic carbocycles. The van der Waals surface area contributed by atoms with Gasteiger partial charge in [0.05, 0.1) is 0 Å². The summed E-state index contributed by atoms with van der Waals surface area (Å²) in [5.74, 6) is 0. The third-order valence-corrected chi connectivity index (χ3v) is 3.03. The van der Waals surface area contributed by atoms with E-state index < -0.39 is 13.0 Å². The normalized spacial score (nSPS) is 12.9. The highest BCUT2D eigenvalue weighted by atomic mass is 19.3. The molecule has 0 saturated carbocycles. The van der Waals surface area contributed by atoms with E-state index in [4.69, 9.17) is 4.74 Å². The summed E-state index contributed by atoms with van der Waals surface area (Å²) in [6.45, 7) is 4.05. The topological polar surface area (TPSA) is 21.3 Å². The first-order valence-corrected chi connectivity index (χ1v) is 6.61. The first-order valence-electron chi connectivity index (χ1n) is 6.61. The van der Waals surface area contributed by atoms with Crippen LogP contribution in [0.15, 0.2) is 18.2 Å². The van der Waals surface area contributed by atoms with Crippen LogP contribution in [-0.4, -0.2) is 32.7 Å². The molecule has 2 nitrogen and oxygen atoms in total. The van der Waals surface area contributed by atoms with Crippen LogP contribution < -0.4 is 5.32 Å². The fourth-order valence-corrected chi connectivity index (χ4v) is 2.22. The number of alkyl halides is 2. The fraction of sp³-hybridized carbons (Fsp3) is 0.600. The summed E-state index contributed by atoms with van der Waals surface area (Å²) in [7, 11) is 1.89. The molecule has 0 amide bonds. The quantitative estimate of drug-likeness (QED) is 0.734. The van der Waals surface area contributed by atoms with E-state index in [9.17, 15) is 8.78 Å². The Kier molecular flexibility index (Phi) is 6.95. The molecule has 0 aromatic heterocycles. The first-order chi connectivity index (χ1) is 9.01. The fourth-order valence-electron chi connectivity index (χ4n) is 2.22. The van der Waals surface area contributed by atoms with Crippen molar-refractivity contribution in [3.8, 4) is 0 Å². The average Bonchev–Trinajstić information content (AvgIpc) is 2.31. The van der Waals surface area contributed by atoms with Crippen molar-refractivity contribution in [1.82, 2.24) is 5.32 Å². The minimum Gasteiger partial charge on any atom is -0.375 e. The lowest BCUT2D eigenvalue weighted by molar-refractivity contribution is 0.0146. The molecule has 0 aliphatic carbocycles. The summed E-state index contributed by atoms with van der Waals surface area (Å²) in [6.07, 6.45) is -0.764. The molecule has 1 unspecified atom stereocenters. The van der Waals surface area contributed by atoms with Gasteiger partial charge in [-0.05, 0) is 39.3 Å².